The van der Waals surface area contributed by atoms with Crippen LogP contribution in [-0.4, -0.2) is 18.0 Å². The number of aryl methyl sites for hydroxylation is 1. The predicted octanol–water partition coefficient (Wildman–Crippen LogP) is 3.70. The number of methoxy groups -OCH3 is 1. The Kier molecular flexibility index (Phi) is 5.31. The highest BCUT2D eigenvalue weighted by Gasteiger charge is 2.09. The largest absolute Gasteiger partial charge is 0.380 e. The third kappa shape index (κ3) is 4.28. The Hall–Kier alpha value is -1.91. The Morgan fingerprint density at radius 3 is 2.86 bits per heavy atom. The van der Waals surface area contributed by atoms with Crippen molar-refractivity contribution in [2.45, 2.75) is 20.0 Å². The molecule has 0 aliphatic rings. The first-order valence-corrected chi connectivity index (χ1v) is 7.06. The molecule has 0 aliphatic carbocycles. The maximum atomic E-state index is 12.3. The van der Waals surface area contributed by atoms with E-state index in [0.717, 1.165) is 23.4 Å². The Balaban J connectivity index is 2.17. The molecule has 4 nitrogen and oxygen atoms in total. The van der Waals surface area contributed by atoms with Crippen molar-refractivity contribution in [3.8, 4) is 0 Å². The molecule has 110 valence electrons. The molecule has 2 rings (SSSR count). The van der Waals surface area contributed by atoms with Gasteiger partial charge in [0.05, 0.1) is 6.61 Å². The molecule has 0 spiro atoms. The Morgan fingerprint density at radius 2 is 2.14 bits per heavy atom. The maximum Gasteiger partial charge on any atom is 0.255 e. The summed E-state index contributed by atoms with van der Waals surface area (Å²) in [6.07, 6.45) is 0.726. The Labute approximate surface area is 129 Å². The summed E-state index contributed by atoms with van der Waals surface area (Å²) in [5.74, 6) is -0.205. The number of ether oxygens (including phenoxy) is 1. The lowest BCUT2D eigenvalue weighted by Gasteiger charge is -2.08. The smallest absolute Gasteiger partial charge is 0.255 e. The predicted molar refractivity (Wildman–Crippen MR) is 83.7 cm³/mol. The van der Waals surface area contributed by atoms with Gasteiger partial charge in [0.1, 0.15) is 5.15 Å². The molecular weight excluding hydrogens is 288 g/mol. The highest BCUT2D eigenvalue weighted by molar-refractivity contribution is 6.29. The van der Waals surface area contributed by atoms with Gasteiger partial charge in [-0.2, -0.15) is 0 Å². The summed E-state index contributed by atoms with van der Waals surface area (Å²) in [4.78, 5) is 16.4. The van der Waals surface area contributed by atoms with E-state index < -0.39 is 0 Å². The molecule has 0 saturated carbocycles. The van der Waals surface area contributed by atoms with Crippen molar-refractivity contribution in [2.24, 2.45) is 0 Å². The summed E-state index contributed by atoms with van der Waals surface area (Å²) in [7, 11) is 1.64. The standard InChI is InChI=1S/C16H17ClN2O2/c1-3-13-8-12(9-15(17)18-13)16(20)19-14-6-4-5-11(7-14)10-21-2/h4-9H,3,10H2,1-2H3,(H,19,20). The second kappa shape index (κ2) is 7.20. The molecule has 2 aromatic rings. The molecule has 0 radical (unpaired) electrons. The lowest BCUT2D eigenvalue weighted by Crippen LogP contribution is -2.13. The first-order valence-electron chi connectivity index (χ1n) is 6.68. The van der Waals surface area contributed by atoms with Crippen molar-refractivity contribution >= 4 is 23.2 Å². The number of pyridine rings is 1. The van der Waals surface area contributed by atoms with Crippen molar-refractivity contribution < 1.29 is 9.53 Å². The minimum Gasteiger partial charge on any atom is -0.380 e. The molecule has 0 bridgehead atoms. The van der Waals surface area contributed by atoms with Gasteiger partial charge in [-0.1, -0.05) is 30.7 Å². The first kappa shape index (κ1) is 15.5. The van der Waals surface area contributed by atoms with E-state index >= 15 is 0 Å². The van der Waals surface area contributed by atoms with Crippen molar-refractivity contribution in [2.75, 3.05) is 12.4 Å². The van der Waals surface area contributed by atoms with Gasteiger partial charge in [-0.15, -0.1) is 0 Å². The summed E-state index contributed by atoms with van der Waals surface area (Å²) in [5.41, 5.74) is 3.02. The molecule has 0 fully saturated rings. The van der Waals surface area contributed by atoms with Crippen LogP contribution in [0.3, 0.4) is 0 Å². The quantitative estimate of drug-likeness (QED) is 0.857. The molecular formula is C16H17ClN2O2. The van der Waals surface area contributed by atoms with E-state index in [2.05, 4.69) is 10.3 Å². The zero-order valence-corrected chi connectivity index (χ0v) is 12.8. The number of hydrogen-bond acceptors (Lipinski definition) is 3. The van der Waals surface area contributed by atoms with Crippen LogP contribution >= 0.6 is 11.6 Å². The number of amides is 1. The minimum absolute atomic E-state index is 0.205. The van der Waals surface area contributed by atoms with Gasteiger partial charge in [-0.25, -0.2) is 4.98 Å². The second-order valence-electron chi connectivity index (χ2n) is 4.61. The molecule has 21 heavy (non-hydrogen) atoms. The fourth-order valence-corrected chi connectivity index (χ4v) is 2.20. The van der Waals surface area contributed by atoms with E-state index in [9.17, 15) is 4.79 Å². The average molecular weight is 305 g/mol. The number of rotatable bonds is 5. The Bertz CT molecular complexity index is 644. The maximum absolute atomic E-state index is 12.3. The summed E-state index contributed by atoms with van der Waals surface area (Å²) >= 11 is 5.93. The molecule has 0 saturated heterocycles. The van der Waals surface area contributed by atoms with Gasteiger partial charge in [-0.3, -0.25) is 4.79 Å². The number of carbonyl (C=O) groups is 1. The van der Waals surface area contributed by atoms with Crippen molar-refractivity contribution in [3.05, 3.63) is 58.4 Å². The number of nitrogens with one attached hydrogen (secondary N) is 1. The van der Waals surface area contributed by atoms with Crippen LogP contribution in [-0.2, 0) is 17.8 Å². The van der Waals surface area contributed by atoms with Gasteiger partial charge in [-0.05, 0) is 36.2 Å². The van der Waals surface area contributed by atoms with Crippen molar-refractivity contribution in [3.63, 3.8) is 0 Å². The van der Waals surface area contributed by atoms with Crippen LogP contribution in [0.5, 0.6) is 0 Å². The van der Waals surface area contributed by atoms with Gasteiger partial charge in [0.2, 0.25) is 0 Å². The third-order valence-electron chi connectivity index (χ3n) is 2.97. The van der Waals surface area contributed by atoms with E-state index in [1.165, 1.54) is 0 Å². The molecule has 1 N–H and O–H groups in total. The normalized spacial score (nSPS) is 10.4. The lowest BCUT2D eigenvalue weighted by molar-refractivity contribution is 0.102. The van der Waals surface area contributed by atoms with Gasteiger partial charge >= 0.3 is 0 Å². The van der Waals surface area contributed by atoms with Crippen molar-refractivity contribution in [1.82, 2.24) is 4.98 Å². The van der Waals surface area contributed by atoms with Crippen LogP contribution in [0.1, 0.15) is 28.5 Å². The zero-order chi connectivity index (χ0) is 15.2. The van der Waals surface area contributed by atoms with Crippen LogP contribution in [0.25, 0.3) is 0 Å². The second-order valence-corrected chi connectivity index (χ2v) is 5.00. The molecule has 0 atom stereocenters. The van der Waals surface area contributed by atoms with E-state index in [0.29, 0.717) is 17.3 Å². The lowest BCUT2D eigenvalue weighted by atomic mass is 10.1. The molecule has 5 heteroatoms. The number of nitrogens with zero attached hydrogens (tertiary/aromatic N) is 1. The van der Waals surface area contributed by atoms with Gasteiger partial charge in [0.25, 0.3) is 5.91 Å². The van der Waals surface area contributed by atoms with Crippen LogP contribution in [0.4, 0.5) is 5.69 Å². The van der Waals surface area contributed by atoms with Crippen LogP contribution in [0.15, 0.2) is 36.4 Å². The van der Waals surface area contributed by atoms with E-state index in [1.807, 2.05) is 31.2 Å². The molecule has 1 heterocycles. The summed E-state index contributed by atoms with van der Waals surface area (Å²) < 4.78 is 5.08. The van der Waals surface area contributed by atoms with Gasteiger partial charge < -0.3 is 10.1 Å². The van der Waals surface area contributed by atoms with E-state index in [1.54, 1.807) is 19.2 Å². The number of aromatic nitrogens is 1. The monoisotopic (exact) mass is 304 g/mol. The molecule has 0 aliphatic heterocycles. The van der Waals surface area contributed by atoms with Crippen molar-refractivity contribution in [1.29, 1.82) is 0 Å². The summed E-state index contributed by atoms with van der Waals surface area (Å²) in [6.45, 7) is 2.47. The number of carbonyl (C=O) groups excluding carboxylic acids is 1. The Morgan fingerprint density at radius 1 is 1.33 bits per heavy atom. The zero-order valence-electron chi connectivity index (χ0n) is 12.0. The van der Waals surface area contributed by atoms with Crippen LogP contribution in [0, 0.1) is 0 Å². The van der Waals surface area contributed by atoms with Gasteiger partial charge in [0, 0.05) is 24.1 Å². The third-order valence-corrected chi connectivity index (χ3v) is 3.16. The first-order chi connectivity index (χ1) is 10.1. The fourth-order valence-electron chi connectivity index (χ4n) is 1.97. The molecule has 1 aromatic heterocycles. The fraction of sp³-hybridized carbons (Fsp3) is 0.250. The topological polar surface area (TPSA) is 51.2 Å². The molecule has 1 amide bonds. The number of hydrogen-bond donors (Lipinski definition) is 1. The highest BCUT2D eigenvalue weighted by atomic mass is 35.5. The summed E-state index contributed by atoms with van der Waals surface area (Å²) in [6, 6.07) is 10.8. The van der Waals surface area contributed by atoms with Crippen LogP contribution in [0.2, 0.25) is 5.15 Å². The van der Waals surface area contributed by atoms with E-state index in [-0.39, 0.29) is 5.91 Å². The SMILES string of the molecule is CCc1cc(C(=O)Nc2cccc(COC)c2)cc(Cl)n1. The van der Waals surface area contributed by atoms with E-state index in [4.69, 9.17) is 16.3 Å². The number of anilines is 1. The van der Waals surface area contributed by atoms with Crippen LogP contribution < -0.4 is 5.32 Å². The summed E-state index contributed by atoms with van der Waals surface area (Å²) in [5, 5.41) is 3.18. The number of benzene rings is 1. The molecule has 1 aromatic carbocycles. The molecule has 0 unspecified atom stereocenters. The van der Waals surface area contributed by atoms with Gasteiger partial charge in [0.15, 0.2) is 0 Å². The number of halogens is 1. The minimum atomic E-state index is -0.205. The average Bonchev–Trinajstić information content (AvgIpc) is 2.47. The highest BCUT2D eigenvalue weighted by Crippen LogP contribution is 2.16.